The Morgan fingerprint density at radius 3 is 2.46 bits per heavy atom. The molecule has 0 bridgehead atoms. The van der Waals surface area contributed by atoms with E-state index >= 15 is 0 Å². The first-order valence-corrected chi connectivity index (χ1v) is 10.4. The van der Waals surface area contributed by atoms with Crippen LogP contribution in [-0.4, -0.2) is 48.7 Å². The average Bonchev–Trinajstić information content (AvgIpc) is 2.72. The Morgan fingerprint density at radius 2 is 1.75 bits per heavy atom. The highest BCUT2D eigenvalue weighted by molar-refractivity contribution is 6.33. The number of hydrogen-bond donors (Lipinski definition) is 0. The lowest BCUT2D eigenvalue weighted by Crippen LogP contribution is -2.61. The highest BCUT2D eigenvalue weighted by atomic mass is 35.5. The summed E-state index contributed by atoms with van der Waals surface area (Å²) < 4.78 is 6.27. The lowest BCUT2D eigenvalue weighted by atomic mass is 9.88. The summed E-state index contributed by atoms with van der Waals surface area (Å²) in [5.41, 5.74) is 1.88. The van der Waals surface area contributed by atoms with E-state index in [0.29, 0.717) is 11.6 Å². The van der Waals surface area contributed by atoms with E-state index in [1.165, 1.54) is 5.56 Å². The number of carbonyl (C=O) groups is 1. The Labute approximate surface area is 172 Å². The summed E-state index contributed by atoms with van der Waals surface area (Å²) in [5.74, 6) is -0.00904. The SMILES string of the molecule is CC1OC2(CCN(CCc3ccccc3)CC2)CN(c2ccccc2Cl)C1=O. The van der Waals surface area contributed by atoms with Gasteiger partial charge in [0.15, 0.2) is 0 Å². The minimum atomic E-state index is -0.444. The Kier molecular flexibility index (Phi) is 5.72. The summed E-state index contributed by atoms with van der Waals surface area (Å²) in [4.78, 5) is 17.1. The van der Waals surface area contributed by atoms with Gasteiger partial charge in [-0.1, -0.05) is 54.1 Å². The number of amides is 1. The highest BCUT2D eigenvalue weighted by Gasteiger charge is 2.46. The zero-order valence-electron chi connectivity index (χ0n) is 16.3. The summed E-state index contributed by atoms with van der Waals surface area (Å²) in [6.45, 7) is 5.47. The van der Waals surface area contributed by atoms with Crippen LogP contribution in [0, 0.1) is 0 Å². The van der Waals surface area contributed by atoms with Crippen molar-refractivity contribution in [1.29, 1.82) is 0 Å². The molecule has 1 unspecified atom stereocenters. The molecule has 1 atom stereocenters. The largest absolute Gasteiger partial charge is 0.360 e. The number of benzene rings is 2. The molecule has 0 radical (unpaired) electrons. The number of ether oxygens (including phenoxy) is 1. The number of nitrogens with zero attached hydrogens (tertiary/aromatic N) is 2. The lowest BCUT2D eigenvalue weighted by molar-refractivity contribution is -0.161. The fraction of sp³-hybridized carbons (Fsp3) is 0.435. The first-order valence-electron chi connectivity index (χ1n) is 10.1. The number of piperidine rings is 1. The molecule has 0 N–H and O–H groups in total. The zero-order valence-corrected chi connectivity index (χ0v) is 17.1. The van der Waals surface area contributed by atoms with Crippen molar-refractivity contribution >= 4 is 23.2 Å². The third-order valence-corrected chi connectivity index (χ3v) is 6.28. The molecule has 4 rings (SSSR count). The number of halogens is 1. The number of carbonyl (C=O) groups excluding carboxylic acids is 1. The summed E-state index contributed by atoms with van der Waals surface area (Å²) in [7, 11) is 0. The Balaban J connectivity index is 1.41. The fourth-order valence-electron chi connectivity index (χ4n) is 4.31. The molecule has 28 heavy (non-hydrogen) atoms. The van der Waals surface area contributed by atoms with E-state index in [1.807, 2.05) is 36.1 Å². The third-order valence-electron chi connectivity index (χ3n) is 5.96. The molecule has 2 aromatic carbocycles. The van der Waals surface area contributed by atoms with E-state index in [-0.39, 0.29) is 11.5 Å². The maximum atomic E-state index is 12.8. The van der Waals surface area contributed by atoms with Crippen LogP contribution in [-0.2, 0) is 16.0 Å². The molecule has 2 saturated heterocycles. The smallest absolute Gasteiger partial charge is 0.255 e. The van der Waals surface area contributed by atoms with Gasteiger partial charge in [0.05, 0.1) is 22.9 Å². The molecule has 0 saturated carbocycles. The summed E-state index contributed by atoms with van der Waals surface area (Å²) in [6, 6.07) is 18.2. The molecule has 5 heteroatoms. The number of likely N-dealkylation sites (tertiary alicyclic amines) is 1. The minimum absolute atomic E-state index is 0.00904. The van der Waals surface area contributed by atoms with E-state index in [1.54, 1.807) is 0 Å². The minimum Gasteiger partial charge on any atom is -0.360 e. The number of hydrogen-bond acceptors (Lipinski definition) is 3. The van der Waals surface area contributed by atoms with Crippen LogP contribution in [0.2, 0.25) is 5.02 Å². The maximum Gasteiger partial charge on any atom is 0.255 e. The molecule has 2 aliphatic heterocycles. The van der Waals surface area contributed by atoms with Crippen molar-refractivity contribution in [2.24, 2.45) is 0 Å². The number of anilines is 1. The van der Waals surface area contributed by atoms with Crippen LogP contribution in [0.1, 0.15) is 25.3 Å². The van der Waals surface area contributed by atoms with Crippen molar-refractivity contribution in [3.8, 4) is 0 Å². The van der Waals surface area contributed by atoms with Gasteiger partial charge in [0, 0.05) is 19.6 Å². The molecule has 1 spiro atoms. The quantitative estimate of drug-likeness (QED) is 0.774. The van der Waals surface area contributed by atoms with Crippen LogP contribution >= 0.6 is 11.6 Å². The second-order valence-corrected chi connectivity index (χ2v) is 8.30. The standard InChI is InChI=1S/C23H27ClN2O2/c1-18-22(27)26(21-10-6-5-9-20(21)24)17-23(28-18)12-15-25(16-13-23)14-11-19-7-3-2-4-8-19/h2-10,18H,11-17H2,1H3. The third kappa shape index (κ3) is 4.09. The fourth-order valence-corrected chi connectivity index (χ4v) is 4.55. The summed E-state index contributed by atoms with van der Waals surface area (Å²) >= 11 is 6.38. The highest BCUT2D eigenvalue weighted by Crippen LogP contribution is 2.37. The molecule has 2 fully saturated rings. The molecule has 2 aliphatic rings. The topological polar surface area (TPSA) is 32.8 Å². The Bertz CT molecular complexity index is 818. The van der Waals surface area contributed by atoms with Gasteiger partial charge in [-0.15, -0.1) is 0 Å². The van der Waals surface area contributed by atoms with Crippen molar-refractivity contribution in [2.75, 3.05) is 31.1 Å². The van der Waals surface area contributed by atoms with Crippen LogP contribution in [0.15, 0.2) is 54.6 Å². The van der Waals surface area contributed by atoms with Gasteiger partial charge in [-0.25, -0.2) is 0 Å². The molecule has 1 amide bonds. The average molecular weight is 399 g/mol. The van der Waals surface area contributed by atoms with Crippen LogP contribution < -0.4 is 4.90 Å². The molecule has 0 aromatic heterocycles. The van der Waals surface area contributed by atoms with Crippen molar-refractivity contribution in [3.63, 3.8) is 0 Å². The zero-order chi connectivity index (χ0) is 19.6. The number of morpholine rings is 1. The monoisotopic (exact) mass is 398 g/mol. The second kappa shape index (κ2) is 8.24. The van der Waals surface area contributed by atoms with Crippen molar-refractivity contribution in [2.45, 2.75) is 37.9 Å². The normalized spacial score (nSPS) is 22.6. The molecular formula is C23H27ClN2O2. The van der Waals surface area contributed by atoms with Crippen LogP contribution in [0.4, 0.5) is 5.69 Å². The summed E-state index contributed by atoms with van der Waals surface area (Å²) in [5, 5.41) is 0.611. The van der Waals surface area contributed by atoms with E-state index in [0.717, 1.165) is 44.6 Å². The second-order valence-electron chi connectivity index (χ2n) is 7.90. The lowest BCUT2D eigenvalue weighted by Gasteiger charge is -2.49. The molecule has 0 aliphatic carbocycles. The van der Waals surface area contributed by atoms with Gasteiger partial charge < -0.3 is 14.5 Å². The van der Waals surface area contributed by atoms with Crippen molar-refractivity contribution in [1.82, 2.24) is 4.90 Å². The van der Waals surface area contributed by atoms with Gasteiger partial charge in [-0.05, 0) is 43.9 Å². The Morgan fingerprint density at radius 1 is 1.07 bits per heavy atom. The van der Waals surface area contributed by atoms with E-state index in [4.69, 9.17) is 16.3 Å². The molecule has 2 heterocycles. The van der Waals surface area contributed by atoms with Gasteiger partial charge in [0.2, 0.25) is 0 Å². The van der Waals surface area contributed by atoms with E-state index < -0.39 is 6.10 Å². The van der Waals surface area contributed by atoms with Crippen LogP contribution in [0.3, 0.4) is 0 Å². The number of rotatable bonds is 4. The van der Waals surface area contributed by atoms with Gasteiger partial charge >= 0.3 is 0 Å². The predicted octanol–water partition coefficient (Wildman–Crippen LogP) is 4.17. The van der Waals surface area contributed by atoms with E-state index in [9.17, 15) is 4.79 Å². The van der Waals surface area contributed by atoms with Crippen LogP contribution in [0.25, 0.3) is 0 Å². The number of para-hydroxylation sites is 1. The van der Waals surface area contributed by atoms with Crippen LogP contribution in [0.5, 0.6) is 0 Å². The van der Waals surface area contributed by atoms with Gasteiger partial charge in [-0.3, -0.25) is 4.79 Å². The molecular weight excluding hydrogens is 372 g/mol. The summed E-state index contributed by atoms with van der Waals surface area (Å²) in [6.07, 6.45) is 2.48. The molecule has 4 nitrogen and oxygen atoms in total. The first kappa shape index (κ1) is 19.4. The Hall–Kier alpha value is -1.88. The van der Waals surface area contributed by atoms with Gasteiger partial charge in [0.1, 0.15) is 6.10 Å². The first-order chi connectivity index (χ1) is 13.6. The van der Waals surface area contributed by atoms with Gasteiger partial charge in [0.25, 0.3) is 5.91 Å². The van der Waals surface area contributed by atoms with Crippen molar-refractivity contribution < 1.29 is 9.53 Å². The maximum absolute atomic E-state index is 12.8. The van der Waals surface area contributed by atoms with E-state index in [2.05, 4.69) is 35.2 Å². The molecule has 148 valence electrons. The van der Waals surface area contributed by atoms with Crippen molar-refractivity contribution in [3.05, 3.63) is 65.2 Å². The van der Waals surface area contributed by atoms with Gasteiger partial charge in [-0.2, -0.15) is 0 Å². The molecule has 2 aromatic rings. The predicted molar refractivity (Wildman–Crippen MR) is 113 cm³/mol.